The highest BCUT2D eigenvalue weighted by Crippen LogP contribution is 2.29. The first-order chi connectivity index (χ1) is 12.4. The summed E-state index contributed by atoms with van der Waals surface area (Å²) in [5.41, 5.74) is -0.198. The molecular weight excluding hydrogens is 360 g/mol. The van der Waals surface area contributed by atoms with E-state index in [-0.39, 0.29) is 16.9 Å². The predicted octanol–water partition coefficient (Wildman–Crippen LogP) is 0.533. The Labute approximate surface area is 154 Å². The Morgan fingerprint density at radius 1 is 1.19 bits per heavy atom. The average Bonchev–Trinajstić information content (AvgIpc) is 2.66. The third-order valence-electron chi connectivity index (χ3n) is 4.47. The lowest BCUT2D eigenvalue weighted by Gasteiger charge is -2.37. The number of carbonyl (C=O) groups excluding carboxylic acids is 1. The normalized spacial score (nSPS) is 16.8. The van der Waals surface area contributed by atoms with Crippen LogP contribution in [0.4, 0.5) is 0 Å². The monoisotopic (exact) mass is 386 g/mol. The summed E-state index contributed by atoms with van der Waals surface area (Å²) in [7, 11) is -0.742. The van der Waals surface area contributed by atoms with Crippen LogP contribution in [0.5, 0.6) is 5.75 Å². The van der Waals surface area contributed by atoms with Gasteiger partial charge in [0.1, 0.15) is 5.75 Å². The molecule has 8 nitrogen and oxygen atoms in total. The third kappa shape index (κ3) is 5.66. The van der Waals surface area contributed by atoms with E-state index in [9.17, 15) is 13.2 Å². The maximum absolute atomic E-state index is 12.6. The second-order valence-corrected chi connectivity index (χ2v) is 8.11. The summed E-state index contributed by atoms with van der Waals surface area (Å²) in [6.07, 6.45) is 1.70. The Bertz CT molecular complexity index is 678. The Morgan fingerprint density at radius 3 is 2.42 bits per heavy atom. The molecule has 2 N–H and O–H groups in total. The minimum Gasteiger partial charge on any atom is -0.482 e. The SMILES string of the molecule is COCC1(CNS(=O)(=O)c2ccc(OCC(=O)OC)cc2)CCNCC1. The molecule has 1 heterocycles. The van der Waals surface area contributed by atoms with Crippen molar-refractivity contribution in [3.63, 3.8) is 0 Å². The molecule has 1 aromatic rings. The van der Waals surface area contributed by atoms with Crippen molar-refractivity contribution in [3.05, 3.63) is 24.3 Å². The van der Waals surface area contributed by atoms with E-state index in [1.807, 2.05) is 0 Å². The number of carbonyl (C=O) groups is 1. The zero-order valence-electron chi connectivity index (χ0n) is 15.1. The summed E-state index contributed by atoms with van der Waals surface area (Å²) in [6.45, 7) is 2.30. The van der Waals surface area contributed by atoms with E-state index in [4.69, 9.17) is 9.47 Å². The molecule has 1 aromatic carbocycles. The van der Waals surface area contributed by atoms with Gasteiger partial charge in [-0.2, -0.15) is 0 Å². The Balaban J connectivity index is 1.99. The number of hydrogen-bond acceptors (Lipinski definition) is 7. The van der Waals surface area contributed by atoms with Crippen LogP contribution in [0.3, 0.4) is 0 Å². The average molecular weight is 386 g/mol. The molecule has 146 valence electrons. The summed E-state index contributed by atoms with van der Waals surface area (Å²) in [5, 5.41) is 3.28. The van der Waals surface area contributed by atoms with Gasteiger partial charge in [-0.25, -0.2) is 17.9 Å². The van der Waals surface area contributed by atoms with Gasteiger partial charge in [-0.3, -0.25) is 0 Å². The predicted molar refractivity (Wildman–Crippen MR) is 95.6 cm³/mol. The standard InChI is InChI=1S/C17H26N2O6S/c1-23-13-17(7-9-18-10-8-17)12-19-26(21,22)15-5-3-14(4-6-15)25-11-16(20)24-2/h3-6,18-19H,7-13H2,1-2H3. The molecule has 0 aliphatic carbocycles. The van der Waals surface area contributed by atoms with Crippen molar-refractivity contribution in [1.82, 2.24) is 10.0 Å². The lowest BCUT2D eigenvalue weighted by Crippen LogP contribution is -2.47. The number of methoxy groups -OCH3 is 2. The highest BCUT2D eigenvalue weighted by atomic mass is 32.2. The molecule has 0 amide bonds. The van der Waals surface area contributed by atoms with Gasteiger partial charge in [-0.1, -0.05) is 0 Å². The van der Waals surface area contributed by atoms with Crippen molar-refractivity contribution in [2.75, 3.05) is 47.1 Å². The van der Waals surface area contributed by atoms with Crippen molar-refractivity contribution in [1.29, 1.82) is 0 Å². The fourth-order valence-electron chi connectivity index (χ4n) is 2.88. The summed E-state index contributed by atoms with van der Waals surface area (Å²) in [4.78, 5) is 11.2. The van der Waals surface area contributed by atoms with Crippen LogP contribution in [-0.4, -0.2) is 61.5 Å². The van der Waals surface area contributed by atoms with Crippen LogP contribution in [-0.2, 0) is 24.3 Å². The van der Waals surface area contributed by atoms with Crippen LogP contribution in [0.15, 0.2) is 29.2 Å². The van der Waals surface area contributed by atoms with Crippen LogP contribution in [0.25, 0.3) is 0 Å². The third-order valence-corrected chi connectivity index (χ3v) is 5.89. The highest BCUT2D eigenvalue weighted by molar-refractivity contribution is 7.89. The molecule has 1 aliphatic heterocycles. The van der Waals surface area contributed by atoms with Crippen molar-refractivity contribution < 1.29 is 27.4 Å². The van der Waals surface area contributed by atoms with Crippen molar-refractivity contribution >= 4 is 16.0 Å². The van der Waals surface area contributed by atoms with E-state index in [1.54, 1.807) is 7.11 Å². The Kier molecular flexibility index (Phi) is 7.39. The number of benzene rings is 1. The summed E-state index contributed by atoms with van der Waals surface area (Å²) in [6, 6.07) is 5.90. The summed E-state index contributed by atoms with van der Waals surface area (Å²) in [5.74, 6) is -0.114. The lowest BCUT2D eigenvalue weighted by atomic mass is 9.80. The molecule has 0 saturated carbocycles. The molecule has 9 heteroatoms. The number of rotatable bonds is 9. The van der Waals surface area contributed by atoms with Gasteiger partial charge in [0.2, 0.25) is 10.0 Å². The van der Waals surface area contributed by atoms with Gasteiger partial charge in [0.05, 0.1) is 18.6 Å². The van der Waals surface area contributed by atoms with Gasteiger partial charge in [-0.15, -0.1) is 0 Å². The first-order valence-corrected chi connectivity index (χ1v) is 9.88. The number of hydrogen-bond donors (Lipinski definition) is 2. The van der Waals surface area contributed by atoms with Gasteiger partial charge in [0, 0.05) is 19.1 Å². The van der Waals surface area contributed by atoms with Crippen LogP contribution in [0.2, 0.25) is 0 Å². The summed E-state index contributed by atoms with van der Waals surface area (Å²) < 4.78 is 42.8. The lowest BCUT2D eigenvalue weighted by molar-refractivity contribution is -0.142. The number of ether oxygens (including phenoxy) is 3. The quantitative estimate of drug-likeness (QED) is 0.597. The molecule has 1 aliphatic rings. The molecule has 0 unspecified atom stereocenters. The minimum atomic E-state index is -3.64. The molecule has 26 heavy (non-hydrogen) atoms. The smallest absolute Gasteiger partial charge is 0.343 e. The van der Waals surface area contributed by atoms with Crippen LogP contribution < -0.4 is 14.8 Å². The molecule has 0 aromatic heterocycles. The molecule has 1 fully saturated rings. The van der Waals surface area contributed by atoms with Gasteiger partial charge in [-0.05, 0) is 50.2 Å². The Morgan fingerprint density at radius 2 is 1.85 bits per heavy atom. The van der Waals surface area contributed by atoms with E-state index < -0.39 is 16.0 Å². The fourth-order valence-corrected chi connectivity index (χ4v) is 4.04. The molecular formula is C17H26N2O6S. The van der Waals surface area contributed by atoms with E-state index in [1.165, 1.54) is 31.4 Å². The van der Waals surface area contributed by atoms with E-state index in [0.29, 0.717) is 18.9 Å². The largest absolute Gasteiger partial charge is 0.482 e. The maximum atomic E-state index is 12.6. The first kappa shape index (κ1) is 20.6. The molecule has 0 spiro atoms. The second-order valence-electron chi connectivity index (χ2n) is 6.34. The van der Waals surface area contributed by atoms with Crippen LogP contribution >= 0.6 is 0 Å². The number of esters is 1. The fraction of sp³-hybridized carbons (Fsp3) is 0.588. The van der Waals surface area contributed by atoms with E-state index in [2.05, 4.69) is 14.8 Å². The van der Waals surface area contributed by atoms with Crippen LogP contribution in [0, 0.1) is 5.41 Å². The highest BCUT2D eigenvalue weighted by Gasteiger charge is 2.33. The Hall–Kier alpha value is -1.68. The number of nitrogens with one attached hydrogen (secondary N) is 2. The van der Waals surface area contributed by atoms with Gasteiger partial charge < -0.3 is 19.5 Å². The van der Waals surface area contributed by atoms with E-state index in [0.717, 1.165) is 25.9 Å². The zero-order chi connectivity index (χ0) is 19.0. The number of sulfonamides is 1. The second kappa shape index (κ2) is 9.31. The van der Waals surface area contributed by atoms with Gasteiger partial charge in [0.15, 0.2) is 6.61 Å². The molecule has 0 bridgehead atoms. The van der Waals surface area contributed by atoms with Gasteiger partial charge >= 0.3 is 5.97 Å². The van der Waals surface area contributed by atoms with Crippen molar-refractivity contribution in [2.45, 2.75) is 17.7 Å². The summed E-state index contributed by atoms with van der Waals surface area (Å²) >= 11 is 0. The van der Waals surface area contributed by atoms with Crippen LogP contribution in [0.1, 0.15) is 12.8 Å². The van der Waals surface area contributed by atoms with Gasteiger partial charge in [0.25, 0.3) is 0 Å². The molecule has 0 radical (unpaired) electrons. The van der Waals surface area contributed by atoms with Crippen molar-refractivity contribution in [3.8, 4) is 5.75 Å². The first-order valence-electron chi connectivity index (χ1n) is 8.40. The number of piperidine rings is 1. The van der Waals surface area contributed by atoms with Crippen molar-refractivity contribution in [2.24, 2.45) is 5.41 Å². The molecule has 1 saturated heterocycles. The minimum absolute atomic E-state index is 0.143. The zero-order valence-corrected chi connectivity index (χ0v) is 15.9. The maximum Gasteiger partial charge on any atom is 0.343 e. The molecule has 0 atom stereocenters. The molecule has 2 rings (SSSR count). The topological polar surface area (TPSA) is 103 Å². The van der Waals surface area contributed by atoms with E-state index >= 15 is 0 Å².